The molecule has 22 heavy (non-hydrogen) atoms. The third-order valence-electron chi connectivity index (χ3n) is 5.31. The fourth-order valence-corrected chi connectivity index (χ4v) is 3.48. The average molecular weight is 309 g/mol. The van der Waals surface area contributed by atoms with Gasteiger partial charge in [0.1, 0.15) is 0 Å². The second kappa shape index (κ2) is 7.44. The topological polar surface area (TPSA) is 53.9 Å². The van der Waals surface area contributed by atoms with Crippen LogP contribution < -0.4 is 5.32 Å². The first-order chi connectivity index (χ1) is 10.5. The summed E-state index contributed by atoms with van der Waals surface area (Å²) in [5.41, 5.74) is 1.10. The van der Waals surface area contributed by atoms with Crippen molar-refractivity contribution in [3.8, 4) is 0 Å². The number of rotatable bonds is 6. The minimum atomic E-state index is -0.440. The number of nitrogens with one attached hydrogen (secondary N) is 1. The fourth-order valence-electron chi connectivity index (χ4n) is 3.48. The van der Waals surface area contributed by atoms with Gasteiger partial charge in [-0.2, -0.15) is 0 Å². The van der Waals surface area contributed by atoms with Crippen molar-refractivity contribution in [2.24, 2.45) is 11.1 Å². The van der Waals surface area contributed by atoms with Gasteiger partial charge in [-0.1, -0.05) is 45.2 Å². The minimum Gasteiger partial charge on any atom is -0.382 e. The Bertz CT molecular complexity index is 414. The van der Waals surface area contributed by atoms with Crippen LogP contribution >= 0.6 is 0 Å². The molecule has 1 fully saturated rings. The van der Waals surface area contributed by atoms with E-state index in [0.29, 0.717) is 18.9 Å². The van der Waals surface area contributed by atoms with E-state index in [0.717, 1.165) is 25.1 Å². The van der Waals surface area contributed by atoms with Gasteiger partial charge in [-0.05, 0) is 32.4 Å². The molecule has 0 spiro atoms. The highest BCUT2D eigenvalue weighted by Gasteiger charge is 2.37. The molecule has 0 aromatic carbocycles. The van der Waals surface area contributed by atoms with Gasteiger partial charge >= 0.3 is 0 Å². The monoisotopic (exact) mass is 309 g/mol. The van der Waals surface area contributed by atoms with Crippen LogP contribution in [0.5, 0.6) is 0 Å². The van der Waals surface area contributed by atoms with E-state index in [-0.39, 0.29) is 11.4 Å². The molecule has 5 heteroatoms. The van der Waals surface area contributed by atoms with Crippen LogP contribution in [0.1, 0.15) is 59.3 Å². The molecule has 0 bridgehead atoms. The summed E-state index contributed by atoms with van der Waals surface area (Å²) in [5.74, 6) is 0.322. The molecule has 0 saturated heterocycles. The molecule has 1 N–H and O–H groups in total. The van der Waals surface area contributed by atoms with E-state index < -0.39 is 6.10 Å². The Hall–Kier alpha value is -1.10. The van der Waals surface area contributed by atoms with Crippen LogP contribution in [0.2, 0.25) is 0 Å². The number of hydrogen-bond donors (Lipinski definition) is 1. The predicted molar refractivity (Wildman–Crippen MR) is 88.9 cm³/mol. The summed E-state index contributed by atoms with van der Waals surface area (Å²) < 4.78 is 0. The lowest BCUT2D eigenvalue weighted by Crippen LogP contribution is -2.56. The van der Waals surface area contributed by atoms with Gasteiger partial charge in [-0.3, -0.25) is 9.69 Å². The highest BCUT2D eigenvalue weighted by molar-refractivity contribution is 5.93. The molecule has 126 valence electrons. The highest BCUT2D eigenvalue weighted by Crippen LogP contribution is 2.32. The third-order valence-corrected chi connectivity index (χ3v) is 5.31. The van der Waals surface area contributed by atoms with Gasteiger partial charge in [-0.25, -0.2) is 0 Å². The number of carbonyl (C=O) groups is 1. The Morgan fingerprint density at radius 3 is 2.64 bits per heavy atom. The summed E-state index contributed by atoms with van der Waals surface area (Å²) in [6, 6.07) is 0. The van der Waals surface area contributed by atoms with Crippen molar-refractivity contribution < 1.29 is 9.63 Å². The Labute approximate surface area is 134 Å². The Morgan fingerprint density at radius 2 is 2.09 bits per heavy atom. The average Bonchev–Trinajstić information content (AvgIpc) is 3.03. The van der Waals surface area contributed by atoms with Gasteiger partial charge in [-0.15, -0.1) is 0 Å². The number of carbonyl (C=O) groups excluding carboxylic acids is 1. The zero-order valence-corrected chi connectivity index (χ0v) is 14.5. The zero-order valence-electron chi connectivity index (χ0n) is 14.5. The van der Waals surface area contributed by atoms with Crippen molar-refractivity contribution in [2.45, 2.75) is 70.9 Å². The fraction of sp³-hybridized carbons (Fsp3) is 0.882. The molecule has 1 aliphatic heterocycles. The molecule has 1 aliphatic carbocycles. The molecule has 1 atom stereocenters. The summed E-state index contributed by atoms with van der Waals surface area (Å²) in [7, 11) is 2.17. The molecule has 0 aromatic heterocycles. The van der Waals surface area contributed by atoms with E-state index in [4.69, 9.17) is 4.84 Å². The number of oxime groups is 1. The van der Waals surface area contributed by atoms with E-state index in [9.17, 15) is 4.79 Å². The zero-order chi connectivity index (χ0) is 16.2. The van der Waals surface area contributed by atoms with Crippen LogP contribution in [-0.4, -0.2) is 48.3 Å². The lowest BCUT2D eigenvalue weighted by atomic mass is 9.80. The molecule has 0 unspecified atom stereocenters. The van der Waals surface area contributed by atoms with Crippen molar-refractivity contribution in [3.05, 3.63) is 0 Å². The number of amides is 1. The molecule has 1 amide bonds. The molecule has 2 rings (SSSR count). The standard InChI is InChI=1S/C17H31N3O2/c1-5-20(4)17(9-7-6-8-10-17)12-18-16(21)15-11-14(13(2)3)19-22-15/h13,15H,5-12H2,1-4H3,(H,18,21)/t15-/m1/s1. The minimum absolute atomic E-state index is 0.0196. The SMILES string of the molecule is CCN(C)C1(CNC(=O)[C@H]2CC(C(C)C)=NO2)CCCCC1. The summed E-state index contributed by atoms with van der Waals surface area (Å²) >= 11 is 0. The summed E-state index contributed by atoms with van der Waals surface area (Å²) in [6.45, 7) is 8.07. The van der Waals surface area contributed by atoms with E-state index in [1.807, 2.05) is 0 Å². The second-order valence-corrected chi connectivity index (χ2v) is 7.05. The second-order valence-electron chi connectivity index (χ2n) is 7.05. The first-order valence-electron chi connectivity index (χ1n) is 8.70. The maximum atomic E-state index is 12.4. The Balaban J connectivity index is 1.89. The van der Waals surface area contributed by atoms with E-state index in [1.54, 1.807) is 0 Å². The van der Waals surface area contributed by atoms with Gasteiger partial charge < -0.3 is 10.2 Å². The van der Waals surface area contributed by atoms with Gasteiger partial charge in [0, 0.05) is 18.5 Å². The van der Waals surface area contributed by atoms with Crippen LogP contribution in [0.3, 0.4) is 0 Å². The molecule has 5 nitrogen and oxygen atoms in total. The predicted octanol–water partition coefficient (Wildman–Crippen LogP) is 2.56. The molecule has 2 aliphatic rings. The van der Waals surface area contributed by atoms with Crippen molar-refractivity contribution in [1.82, 2.24) is 10.2 Å². The van der Waals surface area contributed by atoms with Crippen LogP contribution in [0.4, 0.5) is 0 Å². The van der Waals surface area contributed by atoms with E-state index >= 15 is 0 Å². The molecule has 1 saturated carbocycles. The number of likely N-dealkylation sites (N-methyl/N-ethyl adjacent to an activating group) is 1. The van der Waals surface area contributed by atoms with Crippen molar-refractivity contribution in [3.63, 3.8) is 0 Å². The normalized spacial score (nSPS) is 24.3. The van der Waals surface area contributed by atoms with Crippen LogP contribution in [0.15, 0.2) is 5.16 Å². The quantitative estimate of drug-likeness (QED) is 0.820. The smallest absolute Gasteiger partial charge is 0.264 e. The molecule has 0 aromatic rings. The van der Waals surface area contributed by atoms with Gasteiger partial charge in [0.25, 0.3) is 5.91 Å². The largest absolute Gasteiger partial charge is 0.382 e. The maximum Gasteiger partial charge on any atom is 0.264 e. The van der Waals surface area contributed by atoms with Gasteiger partial charge in [0.15, 0.2) is 0 Å². The molecular formula is C17H31N3O2. The third kappa shape index (κ3) is 3.80. The van der Waals surface area contributed by atoms with Crippen LogP contribution in [0, 0.1) is 5.92 Å². The highest BCUT2D eigenvalue weighted by atomic mass is 16.6. The molecule has 1 heterocycles. The van der Waals surface area contributed by atoms with Crippen LogP contribution in [-0.2, 0) is 9.63 Å². The van der Waals surface area contributed by atoms with Gasteiger partial charge in [0.05, 0.1) is 5.71 Å². The van der Waals surface area contributed by atoms with E-state index in [2.05, 4.69) is 43.2 Å². The Kier molecular flexibility index (Phi) is 5.84. The van der Waals surface area contributed by atoms with Gasteiger partial charge in [0.2, 0.25) is 6.10 Å². The number of hydrogen-bond acceptors (Lipinski definition) is 4. The van der Waals surface area contributed by atoms with Crippen molar-refractivity contribution >= 4 is 11.6 Å². The first kappa shape index (κ1) is 17.3. The summed E-state index contributed by atoms with van der Waals surface area (Å²) in [5, 5.41) is 7.18. The summed E-state index contributed by atoms with van der Waals surface area (Å²) in [6.07, 6.45) is 6.32. The number of nitrogens with zero attached hydrogens (tertiary/aromatic N) is 2. The van der Waals surface area contributed by atoms with Crippen molar-refractivity contribution in [1.29, 1.82) is 0 Å². The Morgan fingerprint density at radius 1 is 1.41 bits per heavy atom. The van der Waals surface area contributed by atoms with Crippen LogP contribution in [0.25, 0.3) is 0 Å². The first-order valence-corrected chi connectivity index (χ1v) is 8.70. The molecule has 0 radical (unpaired) electrons. The molecular weight excluding hydrogens is 278 g/mol. The lowest BCUT2D eigenvalue weighted by molar-refractivity contribution is -0.132. The van der Waals surface area contributed by atoms with Crippen molar-refractivity contribution in [2.75, 3.05) is 20.1 Å². The summed E-state index contributed by atoms with van der Waals surface area (Å²) in [4.78, 5) is 20.1. The van der Waals surface area contributed by atoms with E-state index in [1.165, 1.54) is 19.3 Å². The lowest BCUT2D eigenvalue weighted by Gasteiger charge is -2.44. The maximum absolute atomic E-state index is 12.4.